The summed E-state index contributed by atoms with van der Waals surface area (Å²) in [6, 6.07) is 18.4. The van der Waals surface area contributed by atoms with Crippen LogP contribution >= 0.6 is 23.1 Å². The summed E-state index contributed by atoms with van der Waals surface area (Å²) < 4.78 is 1.68. The summed E-state index contributed by atoms with van der Waals surface area (Å²) in [5.74, 6) is 0.910. The number of hydrogen-bond donors (Lipinski definition) is 2. The second-order valence-corrected chi connectivity index (χ2v) is 6.66. The number of rotatable bonds is 4. The lowest BCUT2D eigenvalue weighted by Gasteiger charge is -2.02. The van der Waals surface area contributed by atoms with E-state index >= 15 is 0 Å². The summed E-state index contributed by atoms with van der Waals surface area (Å²) in [7, 11) is -1.38. The molecule has 1 aromatic heterocycles. The highest BCUT2D eigenvalue weighted by atomic mass is 32.2. The molecular weight excluding hydrogens is 287 g/mol. The Bertz CT molecular complexity index is 710. The average Bonchev–Trinajstić information content (AvgIpc) is 2.89. The van der Waals surface area contributed by atoms with Crippen LogP contribution in [0.1, 0.15) is 5.56 Å². The highest BCUT2D eigenvalue weighted by molar-refractivity contribution is 7.98. The Morgan fingerprint density at radius 1 is 1.00 bits per heavy atom. The number of fused-ring (bicyclic) bond motifs is 1. The molecule has 2 N–H and O–H groups in total. The maximum Gasteiger partial charge on any atom is 0.499 e. The highest BCUT2D eigenvalue weighted by Crippen LogP contribution is 2.26. The van der Waals surface area contributed by atoms with E-state index in [9.17, 15) is 10.0 Å². The molecule has 0 bridgehead atoms. The number of thiophene rings is 1. The smallest absolute Gasteiger partial charge is 0.423 e. The minimum Gasteiger partial charge on any atom is -0.423 e. The predicted octanol–water partition coefficient (Wildman–Crippen LogP) is 2.87. The zero-order chi connectivity index (χ0) is 13.9. The van der Waals surface area contributed by atoms with Crippen molar-refractivity contribution < 1.29 is 10.0 Å². The molecule has 0 aliphatic carbocycles. The van der Waals surface area contributed by atoms with Crippen LogP contribution in [-0.2, 0) is 5.75 Å². The van der Waals surface area contributed by atoms with E-state index in [0.29, 0.717) is 4.78 Å². The molecule has 0 atom stereocenters. The maximum absolute atomic E-state index is 9.21. The summed E-state index contributed by atoms with van der Waals surface area (Å²) in [6.07, 6.45) is 0. The first-order valence-corrected chi connectivity index (χ1v) is 8.09. The quantitative estimate of drug-likeness (QED) is 0.575. The van der Waals surface area contributed by atoms with Crippen molar-refractivity contribution in [3.63, 3.8) is 0 Å². The second kappa shape index (κ2) is 6.02. The molecule has 0 fully saturated rings. The van der Waals surface area contributed by atoms with E-state index in [-0.39, 0.29) is 0 Å². The molecule has 0 aliphatic heterocycles. The van der Waals surface area contributed by atoms with Gasteiger partial charge in [0, 0.05) is 20.1 Å². The summed E-state index contributed by atoms with van der Waals surface area (Å²) in [4.78, 5) is 1.25. The second-order valence-electron chi connectivity index (χ2n) is 4.50. The van der Waals surface area contributed by atoms with Gasteiger partial charge in [0.1, 0.15) is 0 Å². The zero-order valence-corrected chi connectivity index (χ0v) is 12.3. The van der Waals surface area contributed by atoms with Crippen LogP contribution in [0.3, 0.4) is 0 Å². The fraction of sp³-hybridized carbons (Fsp3) is 0.0667. The van der Waals surface area contributed by atoms with Gasteiger partial charge >= 0.3 is 7.12 Å². The van der Waals surface area contributed by atoms with Crippen molar-refractivity contribution in [2.24, 2.45) is 0 Å². The first-order valence-electron chi connectivity index (χ1n) is 6.29. The highest BCUT2D eigenvalue weighted by Gasteiger charge is 2.14. The van der Waals surface area contributed by atoms with Gasteiger partial charge in [0.15, 0.2) is 0 Å². The standard InChI is InChI=1S/C15H13BO2S2/c17-16(18)15-9-12-8-11(6-7-14(12)20-15)10-19-13-4-2-1-3-5-13/h1-9,17-18H,10H2. The van der Waals surface area contributed by atoms with Gasteiger partial charge < -0.3 is 10.0 Å². The van der Waals surface area contributed by atoms with Gasteiger partial charge in [-0.05, 0) is 41.3 Å². The largest absolute Gasteiger partial charge is 0.499 e. The molecule has 5 heteroatoms. The summed E-state index contributed by atoms with van der Waals surface area (Å²) in [5.41, 5.74) is 1.24. The molecule has 1 heterocycles. The van der Waals surface area contributed by atoms with Crippen molar-refractivity contribution in [2.75, 3.05) is 0 Å². The SMILES string of the molecule is OB(O)c1cc2cc(CSc3ccccc3)ccc2s1. The lowest BCUT2D eigenvalue weighted by Crippen LogP contribution is -2.26. The third kappa shape index (κ3) is 3.07. The zero-order valence-electron chi connectivity index (χ0n) is 10.7. The monoisotopic (exact) mass is 300 g/mol. The Labute approximate surface area is 126 Å². The number of benzene rings is 2. The fourth-order valence-electron chi connectivity index (χ4n) is 2.01. The van der Waals surface area contributed by atoms with E-state index < -0.39 is 7.12 Å². The Hall–Kier alpha value is -1.27. The molecule has 3 aromatic rings. The lowest BCUT2D eigenvalue weighted by molar-refractivity contribution is 0.427. The predicted molar refractivity (Wildman–Crippen MR) is 87.7 cm³/mol. The fourth-order valence-corrected chi connectivity index (χ4v) is 3.79. The molecule has 2 nitrogen and oxygen atoms in total. The molecular formula is C15H13BO2S2. The van der Waals surface area contributed by atoms with Gasteiger partial charge in [0.25, 0.3) is 0 Å². The van der Waals surface area contributed by atoms with Crippen molar-refractivity contribution >= 4 is 45.1 Å². The molecule has 0 amide bonds. The van der Waals surface area contributed by atoms with Crippen LogP contribution in [0.5, 0.6) is 0 Å². The third-order valence-electron chi connectivity index (χ3n) is 3.00. The molecule has 0 saturated carbocycles. The van der Waals surface area contributed by atoms with Gasteiger partial charge in [-0.25, -0.2) is 0 Å². The van der Waals surface area contributed by atoms with Crippen LogP contribution < -0.4 is 4.78 Å². The van der Waals surface area contributed by atoms with Crippen molar-refractivity contribution in [3.05, 3.63) is 60.2 Å². The first-order chi connectivity index (χ1) is 9.72. The minimum atomic E-state index is -1.38. The van der Waals surface area contributed by atoms with Crippen molar-refractivity contribution in [1.29, 1.82) is 0 Å². The molecule has 2 aromatic carbocycles. The van der Waals surface area contributed by atoms with Crippen LogP contribution in [0.25, 0.3) is 10.1 Å². The van der Waals surface area contributed by atoms with E-state index in [1.807, 2.05) is 30.3 Å². The molecule has 3 rings (SSSR count). The van der Waals surface area contributed by atoms with Crippen LogP contribution in [0, 0.1) is 0 Å². The summed E-state index contributed by atoms with van der Waals surface area (Å²) >= 11 is 3.22. The Morgan fingerprint density at radius 2 is 1.80 bits per heavy atom. The van der Waals surface area contributed by atoms with Crippen LogP contribution in [-0.4, -0.2) is 17.2 Å². The van der Waals surface area contributed by atoms with Gasteiger partial charge in [-0.15, -0.1) is 23.1 Å². The van der Waals surface area contributed by atoms with E-state index in [1.165, 1.54) is 21.8 Å². The van der Waals surface area contributed by atoms with Crippen molar-refractivity contribution in [1.82, 2.24) is 0 Å². The van der Waals surface area contributed by atoms with E-state index in [1.54, 1.807) is 11.8 Å². The molecule has 0 aliphatic rings. The van der Waals surface area contributed by atoms with Crippen LogP contribution in [0.15, 0.2) is 59.5 Å². The lowest BCUT2D eigenvalue weighted by atomic mass is 9.89. The van der Waals surface area contributed by atoms with E-state index in [0.717, 1.165) is 15.8 Å². The maximum atomic E-state index is 9.21. The molecule has 0 saturated heterocycles. The van der Waals surface area contributed by atoms with Gasteiger partial charge in [-0.1, -0.05) is 24.3 Å². The summed E-state index contributed by atoms with van der Waals surface area (Å²) in [5, 5.41) is 19.5. The molecule has 0 unspecified atom stereocenters. The van der Waals surface area contributed by atoms with Gasteiger partial charge in [0.05, 0.1) is 0 Å². The Balaban J connectivity index is 1.78. The molecule has 0 spiro atoms. The van der Waals surface area contributed by atoms with Gasteiger partial charge in [0.2, 0.25) is 0 Å². The molecule has 20 heavy (non-hydrogen) atoms. The Morgan fingerprint density at radius 3 is 2.55 bits per heavy atom. The van der Waals surface area contributed by atoms with Crippen LogP contribution in [0.2, 0.25) is 0 Å². The molecule has 100 valence electrons. The summed E-state index contributed by atoms with van der Waals surface area (Å²) in [6.45, 7) is 0. The number of hydrogen-bond acceptors (Lipinski definition) is 4. The normalized spacial score (nSPS) is 10.9. The Kier molecular flexibility index (Phi) is 4.12. The van der Waals surface area contributed by atoms with Gasteiger partial charge in [-0.3, -0.25) is 0 Å². The molecule has 0 radical (unpaired) electrons. The average molecular weight is 300 g/mol. The third-order valence-corrected chi connectivity index (χ3v) is 5.24. The minimum absolute atomic E-state index is 0.591. The van der Waals surface area contributed by atoms with E-state index in [4.69, 9.17) is 0 Å². The van der Waals surface area contributed by atoms with Crippen molar-refractivity contribution in [2.45, 2.75) is 10.6 Å². The first kappa shape index (κ1) is 13.7. The van der Waals surface area contributed by atoms with Gasteiger partial charge in [-0.2, -0.15) is 0 Å². The van der Waals surface area contributed by atoms with Crippen molar-refractivity contribution in [3.8, 4) is 0 Å². The van der Waals surface area contributed by atoms with Crippen LogP contribution in [0.4, 0.5) is 0 Å². The van der Waals surface area contributed by atoms with E-state index in [2.05, 4.69) is 24.3 Å². The number of thioether (sulfide) groups is 1. The topological polar surface area (TPSA) is 40.5 Å².